The molecular formula is C15H20N2O3. The normalized spacial score (nSPS) is 17.7. The molecular weight excluding hydrogens is 256 g/mol. The number of hydrogen-bond acceptors (Lipinski definition) is 3. The fraction of sp³-hybridized carbons (Fsp3) is 0.467. The van der Waals surface area contributed by atoms with E-state index in [2.05, 4.69) is 10.6 Å². The van der Waals surface area contributed by atoms with Crippen molar-refractivity contribution in [2.45, 2.75) is 25.4 Å². The number of benzene rings is 1. The van der Waals surface area contributed by atoms with Gasteiger partial charge >= 0.3 is 0 Å². The van der Waals surface area contributed by atoms with Crippen LogP contribution >= 0.6 is 0 Å². The van der Waals surface area contributed by atoms with Crippen molar-refractivity contribution >= 4 is 11.8 Å². The summed E-state index contributed by atoms with van der Waals surface area (Å²) in [5, 5.41) is 5.55. The molecule has 20 heavy (non-hydrogen) atoms. The van der Waals surface area contributed by atoms with Gasteiger partial charge < -0.3 is 15.4 Å². The van der Waals surface area contributed by atoms with Crippen LogP contribution in [-0.2, 0) is 9.53 Å². The Morgan fingerprint density at radius 1 is 1.20 bits per heavy atom. The molecule has 0 saturated carbocycles. The summed E-state index contributed by atoms with van der Waals surface area (Å²) in [5.74, 6) is -0.216. The van der Waals surface area contributed by atoms with Crippen molar-refractivity contribution < 1.29 is 14.3 Å². The van der Waals surface area contributed by atoms with Crippen LogP contribution in [0.4, 0.5) is 0 Å². The van der Waals surface area contributed by atoms with E-state index in [1.54, 1.807) is 12.1 Å². The first kappa shape index (κ1) is 14.5. The van der Waals surface area contributed by atoms with Crippen LogP contribution in [0.25, 0.3) is 0 Å². The number of rotatable bonds is 6. The standard InChI is InChI=1S/C15H20N2O3/c18-14(17-11-13-7-4-10-20-13)8-9-16-15(19)12-5-2-1-3-6-12/h1-3,5-6,13H,4,7-11H2,(H,16,19)(H,17,18). The number of carbonyl (C=O) groups is 2. The third-order valence-corrected chi connectivity index (χ3v) is 3.22. The summed E-state index contributed by atoms with van der Waals surface area (Å²) in [6, 6.07) is 8.96. The summed E-state index contributed by atoms with van der Waals surface area (Å²) < 4.78 is 5.42. The lowest BCUT2D eigenvalue weighted by atomic mass is 10.2. The number of hydrogen-bond donors (Lipinski definition) is 2. The number of nitrogens with one attached hydrogen (secondary N) is 2. The molecule has 0 spiro atoms. The summed E-state index contributed by atoms with van der Waals surface area (Å²) in [7, 11) is 0. The zero-order valence-electron chi connectivity index (χ0n) is 11.4. The number of ether oxygens (including phenoxy) is 1. The lowest BCUT2D eigenvalue weighted by Crippen LogP contribution is -2.34. The van der Waals surface area contributed by atoms with Crippen LogP contribution in [-0.4, -0.2) is 37.6 Å². The molecule has 1 saturated heterocycles. The first-order valence-corrected chi connectivity index (χ1v) is 6.97. The Labute approximate surface area is 118 Å². The minimum atomic E-state index is -0.155. The maximum atomic E-state index is 11.7. The quantitative estimate of drug-likeness (QED) is 0.817. The van der Waals surface area contributed by atoms with E-state index in [1.807, 2.05) is 18.2 Å². The van der Waals surface area contributed by atoms with E-state index in [1.165, 1.54) is 0 Å². The highest BCUT2D eigenvalue weighted by Gasteiger charge is 2.16. The summed E-state index contributed by atoms with van der Waals surface area (Å²) in [6.07, 6.45) is 2.50. The maximum absolute atomic E-state index is 11.7. The molecule has 0 aliphatic carbocycles. The van der Waals surface area contributed by atoms with Crippen LogP contribution in [0.5, 0.6) is 0 Å². The SMILES string of the molecule is O=C(CCNC(=O)c1ccccc1)NCC1CCCO1. The highest BCUT2D eigenvalue weighted by Crippen LogP contribution is 2.10. The van der Waals surface area contributed by atoms with Crippen LogP contribution in [0.15, 0.2) is 30.3 Å². The molecule has 1 atom stereocenters. The highest BCUT2D eigenvalue weighted by atomic mass is 16.5. The summed E-state index contributed by atoms with van der Waals surface area (Å²) >= 11 is 0. The van der Waals surface area contributed by atoms with Crippen molar-refractivity contribution in [3.05, 3.63) is 35.9 Å². The predicted molar refractivity (Wildman–Crippen MR) is 75.4 cm³/mol. The predicted octanol–water partition coefficient (Wildman–Crippen LogP) is 1.10. The minimum absolute atomic E-state index is 0.0612. The molecule has 2 amide bonds. The molecule has 1 aromatic rings. The van der Waals surface area contributed by atoms with E-state index in [0.29, 0.717) is 18.7 Å². The second-order valence-electron chi connectivity index (χ2n) is 4.81. The van der Waals surface area contributed by atoms with Gasteiger partial charge in [-0.1, -0.05) is 18.2 Å². The van der Waals surface area contributed by atoms with Crippen LogP contribution < -0.4 is 10.6 Å². The average molecular weight is 276 g/mol. The van der Waals surface area contributed by atoms with Gasteiger partial charge in [-0.05, 0) is 25.0 Å². The summed E-state index contributed by atoms with van der Waals surface area (Å²) in [5.41, 5.74) is 0.604. The minimum Gasteiger partial charge on any atom is -0.376 e. The molecule has 1 aliphatic heterocycles. The molecule has 1 heterocycles. The zero-order chi connectivity index (χ0) is 14.2. The van der Waals surface area contributed by atoms with Crippen molar-refractivity contribution in [3.63, 3.8) is 0 Å². The zero-order valence-corrected chi connectivity index (χ0v) is 11.4. The van der Waals surface area contributed by atoms with Gasteiger partial charge in [-0.3, -0.25) is 9.59 Å². The number of carbonyl (C=O) groups excluding carboxylic acids is 2. The topological polar surface area (TPSA) is 67.4 Å². The maximum Gasteiger partial charge on any atom is 0.251 e. The van der Waals surface area contributed by atoms with Crippen molar-refractivity contribution in [2.24, 2.45) is 0 Å². The van der Waals surface area contributed by atoms with E-state index in [-0.39, 0.29) is 24.3 Å². The van der Waals surface area contributed by atoms with Gasteiger partial charge in [0.2, 0.25) is 5.91 Å². The third-order valence-electron chi connectivity index (χ3n) is 3.22. The average Bonchev–Trinajstić information content (AvgIpc) is 2.99. The van der Waals surface area contributed by atoms with Gasteiger partial charge in [-0.2, -0.15) is 0 Å². The van der Waals surface area contributed by atoms with Crippen LogP contribution in [0, 0.1) is 0 Å². The first-order chi connectivity index (χ1) is 9.75. The molecule has 108 valence electrons. The van der Waals surface area contributed by atoms with Gasteiger partial charge in [0.1, 0.15) is 0 Å². The monoisotopic (exact) mass is 276 g/mol. The van der Waals surface area contributed by atoms with Gasteiger partial charge in [-0.15, -0.1) is 0 Å². The van der Waals surface area contributed by atoms with E-state index in [4.69, 9.17) is 4.74 Å². The molecule has 0 bridgehead atoms. The Kier molecular flexibility index (Phi) is 5.55. The van der Waals surface area contributed by atoms with Crippen LogP contribution in [0.1, 0.15) is 29.6 Å². The van der Waals surface area contributed by atoms with Crippen molar-refractivity contribution in [1.29, 1.82) is 0 Å². The largest absolute Gasteiger partial charge is 0.376 e. The fourth-order valence-corrected chi connectivity index (χ4v) is 2.10. The lowest BCUT2D eigenvalue weighted by molar-refractivity contribution is -0.121. The molecule has 2 rings (SSSR count). The van der Waals surface area contributed by atoms with Crippen molar-refractivity contribution in [3.8, 4) is 0 Å². The Morgan fingerprint density at radius 3 is 2.70 bits per heavy atom. The van der Waals surface area contributed by atoms with Gasteiger partial charge in [0.15, 0.2) is 0 Å². The van der Waals surface area contributed by atoms with Crippen LogP contribution in [0.3, 0.4) is 0 Å². The molecule has 0 radical (unpaired) electrons. The van der Waals surface area contributed by atoms with Gasteiger partial charge in [0.25, 0.3) is 5.91 Å². The molecule has 0 aromatic heterocycles. The van der Waals surface area contributed by atoms with E-state index < -0.39 is 0 Å². The van der Waals surface area contributed by atoms with E-state index in [0.717, 1.165) is 19.4 Å². The van der Waals surface area contributed by atoms with Crippen molar-refractivity contribution in [1.82, 2.24) is 10.6 Å². The highest BCUT2D eigenvalue weighted by molar-refractivity contribution is 5.94. The fourth-order valence-electron chi connectivity index (χ4n) is 2.10. The Balaban J connectivity index is 1.60. The molecule has 1 aliphatic rings. The summed E-state index contributed by atoms with van der Waals surface area (Å²) in [6.45, 7) is 1.68. The second-order valence-corrected chi connectivity index (χ2v) is 4.81. The summed E-state index contributed by atoms with van der Waals surface area (Å²) in [4.78, 5) is 23.3. The Hall–Kier alpha value is -1.88. The Morgan fingerprint density at radius 2 is 2.00 bits per heavy atom. The smallest absolute Gasteiger partial charge is 0.251 e. The molecule has 1 aromatic carbocycles. The molecule has 1 unspecified atom stereocenters. The van der Waals surface area contributed by atoms with Crippen molar-refractivity contribution in [2.75, 3.05) is 19.7 Å². The molecule has 1 fully saturated rings. The first-order valence-electron chi connectivity index (χ1n) is 6.97. The Bertz CT molecular complexity index is 442. The van der Waals surface area contributed by atoms with Gasteiger partial charge in [0, 0.05) is 31.7 Å². The van der Waals surface area contributed by atoms with E-state index in [9.17, 15) is 9.59 Å². The second kappa shape index (κ2) is 7.65. The van der Waals surface area contributed by atoms with Gasteiger partial charge in [-0.25, -0.2) is 0 Å². The molecule has 2 N–H and O–H groups in total. The lowest BCUT2D eigenvalue weighted by Gasteiger charge is -2.11. The third kappa shape index (κ3) is 4.66. The van der Waals surface area contributed by atoms with Crippen LogP contribution in [0.2, 0.25) is 0 Å². The van der Waals surface area contributed by atoms with Gasteiger partial charge in [0.05, 0.1) is 6.10 Å². The molecule has 5 nitrogen and oxygen atoms in total. The van der Waals surface area contributed by atoms with E-state index >= 15 is 0 Å². The number of amides is 2. The molecule has 5 heteroatoms.